The van der Waals surface area contributed by atoms with Crippen LogP contribution in [0.4, 0.5) is 0 Å². The van der Waals surface area contributed by atoms with Crippen molar-refractivity contribution in [1.29, 1.82) is 0 Å². The van der Waals surface area contributed by atoms with E-state index >= 15 is 0 Å². The van der Waals surface area contributed by atoms with E-state index in [1.807, 2.05) is 36.5 Å². The summed E-state index contributed by atoms with van der Waals surface area (Å²) in [5.74, 6) is -0.313. The van der Waals surface area contributed by atoms with Gasteiger partial charge in [-0.2, -0.15) is 0 Å². The average molecular weight is 662 g/mol. The fourth-order valence-electron chi connectivity index (χ4n) is 6.12. The number of carbonyl (C=O) groups excluding carboxylic acids is 4. The van der Waals surface area contributed by atoms with E-state index in [1.165, 1.54) is 6.07 Å². The van der Waals surface area contributed by atoms with E-state index in [2.05, 4.69) is 20.9 Å². The zero-order valence-corrected chi connectivity index (χ0v) is 27.0. The molecule has 0 radical (unpaired) electrons. The molecule has 1 saturated heterocycles. The van der Waals surface area contributed by atoms with Crippen LogP contribution in [0, 0.1) is 5.92 Å². The summed E-state index contributed by atoms with van der Waals surface area (Å²) in [5, 5.41) is 14.7. The molecule has 0 unspecified atom stereocenters. The molecule has 1 aromatic heterocycles. The molecule has 4 bridgehead atoms. The molecular formula is C34H40ClN7O5. The number of carbonyl (C=O) groups is 4. The van der Waals surface area contributed by atoms with Gasteiger partial charge in [0.25, 0.3) is 5.91 Å². The van der Waals surface area contributed by atoms with Crippen LogP contribution in [-0.4, -0.2) is 86.7 Å². The summed E-state index contributed by atoms with van der Waals surface area (Å²) in [4.78, 5) is 57.2. The van der Waals surface area contributed by atoms with Crippen molar-refractivity contribution in [1.82, 2.24) is 35.4 Å². The first kappa shape index (κ1) is 32.5. The van der Waals surface area contributed by atoms with E-state index in [1.54, 1.807) is 26.6 Å². The smallest absolute Gasteiger partial charge is 0.251 e. The topological polar surface area (TPSA) is 139 Å². The number of nitrogens with zero attached hydrogens (tertiary/aromatic N) is 5. The van der Waals surface area contributed by atoms with Crippen molar-refractivity contribution in [2.75, 3.05) is 26.2 Å². The minimum Gasteiger partial charge on any atom is -0.492 e. The summed E-state index contributed by atoms with van der Waals surface area (Å²) in [6, 6.07) is 12.9. The molecule has 7 rings (SSSR count). The van der Waals surface area contributed by atoms with Crippen LogP contribution in [0.5, 0.6) is 5.75 Å². The highest BCUT2D eigenvalue weighted by Gasteiger charge is 2.42. The lowest BCUT2D eigenvalue weighted by Gasteiger charge is -2.30. The van der Waals surface area contributed by atoms with Gasteiger partial charge in [0.2, 0.25) is 17.7 Å². The number of likely N-dealkylation sites (tertiary alicyclic amines) is 1. The molecule has 4 heterocycles. The molecular weight excluding hydrogens is 622 g/mol. The standard InChI is InChI=1S/C34H40ClN7O5/c35-27-20-25-12-13-30(27)47-18-6-16-41-22-26(38-39-41)21-40(34(46)29-9-4-17-42(29)33(45)24-10-11-24)15-5-14-36-32(44)28(37-31(25)43)19-23-7-2-1-3-8-23/h1-3,7-8,12-13,20,22,24,28-29H,4-6,9-11,14-19,21H2,(H,36,44)(H,37,43)/t28-,29-/m0/s1. The van der Waals surface area contributed by atoms with Crippen molar-refractivity contribution in [2.45, 2.75) is 70.1 Å². The Kier molecular flexibility index (Phi) is 10.4. The molecule has 47 heavy (non-hydrogen) atoms. The second kappa shape index (κ2) is 15.0. The largest absolute Gasteiger partial charge is 0.492 e. The number of ether oxygens (including phenoxy) is 1. The lowest BCUT2D eigenvalue weighted by Crippen LogP contribution is -2.49. The average Bonchev–Trinajstić information content (AvgIpc) is 3.64. The predicted octanol–water partition coefficient (Wildman–Crippen LogP) is 2.99. The Bertz CT molecular complexity index is 1590. The van der Waals surface area contributed by atoms with Crippen LogP contribution in [0.3, 0.4) is 0 Å². The van der Waals surface area contributed by atoms with E-state index in [0.29, 0.717) is 74.0 Å². The van der Waals surface area contributed by atoms with Crippen molar-refractivity contribution >= 4 is 35.2 Å². The Labute approximate surface area is 278 Å². The van der Waals surface area contributed by atoms with Crippen LogP contribution in [-0.2, 0) is 33.9 Å². The second-order valence-corrected chi connectivity index (χ2v) is 12.8. The van der Waals surface area contributed by atoms with Gasteiger partial charge in [-0.3, -0.25) is 23.9 Å². The molecule has 0 spiro atoms. The lowest BCUT2D eigenvalue weighted by atomic mass is 10.0. The zero-order valence-electron chi connectivity index (χ0n) is 26.3. The fraction of sp³-hybridized carbons (Fsp3) is 0.471. The molecule has 2 aromatic carbocycles. The van der Waals surface area contributed by atoms with Crippen LogP contribution in [0.2, 0.25) is 5.02 Å². The lowest BCUT2D eigenvalue weighted by molar-refractivity contribution is -0.145. The highest BCUT2D eigenvalue weighted by Crippen LogP contribution is 2.34. The maximum atomic E-state index is 14.0. The quantitative estimate of drug-likeness (QED) is 0.438. The molecule has 13 heteroatoms. The van der Waals surface area contributed by atoms with Crippen molar-refractivity contribution in [3.05, 3.63) is 76.6 Å². The van der Waals surface area contributed by atoms with Crippen LogP contribution in [0.1, 0.15) is 60.1 Å². The summed E-state index contributed by atoms with van der Waals surface area (Å²) < 4.78 is 7.58. The van der Waals surface area contributed by atoms with Crippen molar-refractivity contribution in [2.24, 2.45) is 5.92 Å². The Morgan fingerprint density at radius 2 is 1.79 bits per heavy atom. The van der Waals surface area contributed by atoms with Gasteiger partial charge in [-0.15, -0.1) is 5.10 Å². The van der Waals surface area contributed by atoms with E-state index in [9.17, 15) is 19.2 Å². The number of nitrogens with one attached hydrogen (secondary N) is 2. The second-order valence-electron chi connectivity index (χ2n) is 12.4. The highest BCUT2D eigenvalue weighted by atomic mass is 35.5. The summed E-state index contributed by atoms with van der Waals surface area (Å²) in [6.45, 7) is 2.36. The fourth-order valence-corrected chi connectivity index (χ4v) is 6.35. The number of fused-ring (bicyclic) bond motifs is 14. The van der Waals surface area contributed by atoms with Gasteiger partial charge in [0, 0.05) is 50.5 Å². The number of amides is 4. The number of aryl methyl sites for hydroxylation is 1. The SMILES string of the molecule is O=C1N[C@@H](Cc2ccccc2)C(=O)NCCCN(C(=O)[C@@H]2CCCN2C(=O)C2CC2)Cc2cn(nn2)CCCOc2ccc1cc2Cl. The first-order valence-corrected chi connectivity index (χ1v) is 16.8. The Morgan fingerprint density at radius 3 is 2.57 bits per heavy atom. The van der Waals surface area contributed by atoms with Gasteiger partial charge in [-0.05, 0) is 55.9 Å². The van der Waals surface area contributed by atoms with Gasteiger partial charge in [-0.1, -0.05) is 47.1 Å². The molecule has 12 nitrogen and oxygen atoms in total. The number of rotatable bonds is 4. The van der Waals surface area contributed by atoms with Crippen molar-refractivity contribution in [3.63, 3.8) is 0 Å². The Hall–Kier alpha value is -4.45. The van der Waals surface area contributed by atoms with E-state index < -0.39 is 18.0 Å². The molecule has 1 saturated carbocycles. The maximum absolute atomic E-state index is 14.0. The minimum atomic E-state index is -0.845. The van der Waals surface area contributed by atoms with Gasteiger partial charge in [0.05, 0.1) is 24.4 Å². The van der Waals surface area contributed by atoms with Gasteiger partial charge in [-0.25, -0.2) is 0 Å². The third-order valence-electron chi connectivity index (χ3n) is 8.79. The maximum Gasteiger partial charge on any atom is 0.251 e. The highest BCUT2D eigenvalue weighted by molar-refractivity contribution is 6.32. The molecule has 2 fully saturated rings. The normalized spacial score (nSPS) is 21.4. The van der Waals surface area contributed by atoms with E-state index in [0.717, 1.165) is 24.8 Å². The van der Waals surface area contributed by atoms with Crippen LogP contribution < -0.4 is 15.4 Å². The van der Waals surface area contributed by atoms with Crippen molar-refractivity contribution < 1.29 is 23.9 Å². The summed E-state index contributed by atoms with van der Waals surface area (Å²) in [6.07, 6.45) is 6.40. The summed E-state index contributed by atoms with van der Waals surface area (Å²) in [5.41, 5.74) is 1.84. The third kappa shape index (κ3) is 8.29. The monoisotopic (exact) mass is 661 g/mol. The van der Waals surface area contributed by atoms with Crippen LogP contribution >= 0.6 is 11.6 Å². The third-order valence-corrected chi connectivity index (χ3v) is 9.09. The molecule has 3 aliphatic heterocycles. The molecule has 248 valence electrons. The molecule has 1 aliphatic carbocycles. The van der Waals surface area contributed by atoms with Gasteiger partial charge < -0.3 is 25.2 Å². The molecule has 4 amide bonds. The summed E-state index contributed by atoms with van der Waals surface area (Å²) >= 11 is 6.46. The number of hydrogen-bond acceptors (Lipinski definition) is 7. The first-order valence-electron chi connectivity index (χ1n) is 16.4. The van der Waals surface area contributed by atoms with Gasteiger partial charge in [0.1, 0.15) is 23.5 Å². The van der Waals surface area contributed by atoms with Gasteiger partial charge >= 0.3 is 0 Å². The van der Waals surface area contributed by atoms with E-state index in [4.69, 9.17) is 16.3 Å². The first-order chi connectivity index (χ1) is 22.9. The van der Waals surface area contributed by atoms with Gasteiger partial charge in [0.15, 0.2) is 0 Å². The van der Waals surface area contributed by atoms with Crippen LogP contribution in [0.15, 0.2) is 54.7 Å². The minimum absolute atomic E-state index is 0.0412. The van der Waals surface area contributed by atoms with Crippen molar-refractivity contribution in [3.8, 4) is 5.75 Å². The van der Waals surface area contributed by atoms with Crippen LogP contribution in [0.25, 0.3) is 0 Å². The Balaban J connectivity index is 1.20. The number of hydrogen-bond donors (Lipinski definition) is 2. The number of halogens is 1. The van der Waals surface area contributed by atoms with E-state index in [-0.39, 0.29) is 36.7 Å². The molecule has 3 aromatic rings. The number of benzene rings is 2. The molecule has 2 atom stereocenters. The molecule has 2 N–H and O–H groups in total. The Morgan fingerprint density at radius 1 is 0.957 bits per heavy atom. The predicted molar refractivity (Wildman–Crippen MR) is 173 cm³/mol. The summed E-state index contributed by atoms with van der Waals surface area (Å²) in [7, 11) is 0. The zero-order chi connectivity index (χ0) is 32.8. The number of aromatic nitrogens is 3. The molecule has 4 aliphatic rings.